The Labute approximate surface area is 122 Å². The van der Waals surface area contributed by atoms with Crippen LogP contribution in [0.2, 0.25) is 0 Å². The van der Waals surface area contributed by atoms with Crippen molar-refractivity contribution >= 4 is 21.4 Å². The maximum atomic E-state index is 5.90. The van der Waals surface area contributed by atoms with E-state index in [1.54, 1.807) is 11.3 Å². The van der Waals surface area contributed by atoms with Gasteiger partial charge in [0.25, 0.3) is 0 Å². The summed E-state index contributed by atoms with van der Waals surface area (Å²) in [6.45, 7) is 2.57. The number of hydrogen-bond donors (Lipinski definition) is 1. The van der Waals surface area contributed by atoms with Crippen molar-refractivity contribution in [2.24, 2.45) is 5.73 Å². The minimum absolute atomic E-state index is 0.0283. The van der Waals surface area contributed by atoms with Crippen molar-refractivity contribution in [3.8, 4) is 5.75 Å². The van der Waals surface area contributed by atoms with E-state index >= 15 is 0 Å². The van der Waals surface area contributed by atoms with Crippen molar-refractivity contribution in [1.29, 1.82) is 0 Å². The van der Waals surface area contributed by atoms with Crippen LogP contribution >= 0.6 is 11.3 Å². The highest BCUT2D eigenvalue weighted by Crippen LogP contribution is 2.27. The Hall–Kier alpha value is -1.84. The highest BCUT2D eigenvalue weighted by atomic mass is 32.1. The molecule has 0 aliphatic carbocycles. The number of thiophene rings is 1. The maximum absolute atomic E-state index is 5.90. The van der Waals surface area contributed by atoms with Crippen molar-refractivity contribution in [1.82, 2.24) is 0 Å². The quantitative estimate of drug-likeness (QED) is 0.765. The summed E-state index contributed by atoms with van der Waals surface area (Å²) in [6, 6.07) is 16.4. The number of nitrogens with two attached hydrogens (primary N) is 1. The molecule has 102 valence electrons. The van der Waals surface area contributed by atoms with Crippen LogP contribution in [0, 0.1) is 0 Å². The van der Waals surface area contributed by atoms with Gasteiger partial charge in [0, 0.05) is 16.3 Å². The van der Waals surface area contributed by atoms with Crippen LogP contribution in [0.5, 0.6) is 5.75 Å². The minimum atomic E-state index is 0.0283. The average Bonchev–Trinajstić information content (AvgIpc) is 2.89. The summed E-state index contributed by atoms with van der Waals surface area (Å²) < 4.78 is 7.20. The van der Waals surface area contributed by atoms with Crippen LogP contribution < -0.4 is 10.5 Å². The molecular weight excluding hydrogens is 266 g/mol. The topological polar surface area (TPSA) is 35.2 Å². The Kier molecular flexibility index (Phi) is 3.72. The standard InChI is InChI=1S/C17H17NOS/c1-12(18)13-5-4-6-15(9-13)19-10-14-11-20-17-8-3-2-7-16(14)17/h2-9,11-12H,10,18H2,1H3. The van der Waals surface area contributed by atoms with Gasteiger partial charge < -0.3 is 10.5 Å². The van der Waals surface area contributed by atoms with Crippen molar-refractivity contribution in [3.05, 3.63) is 65.0 Å². The SMILES string of the molecule is CC(N)c1cccc(OCc2csc3ccccc23)c1. The van der Waals surface area contributed by atoms with Crippen LogP contribution in [-0.2, 0) is 6.61 Å². The van der Waals surface area contributed by atoms with Crippen molar-refractivity contribution in [2.75, 3.05) is 0 Å². The van der Waals surface area contributed by atoms with Crippen LogP contribution in [0.3, 0.4) is 0 Å². The van der Waals surface area contributed by atoms with Crippen LogP contribution in [0.15, 0.2) is 53.9 Å². The van der Waals surface area contributed by atoms with Crippen LogP contribution in [0.1, 0.15) is 24.1 Å². The molecule has 1 heterocycles. The van der Waals surface area contributed by atoms with Gasteiger partial charge in [-0.3, -0.25) is 0 Å². The third-order valence-electron chi connectivity index (χ3n) is 3.34. The van der Waals surface area contributed by atoms with E-state index < -0.39 is 0 Å². The summed E-state index contributed by atoms with van der Waals surface area (Å²) in [7, 11) is 0. The molecule has 0 aliphatic rings. The molecule has 0 bridgehead atoms. The predicted octanol–water partition coefficient (Wildman–Crippen LogP) is 4.50. The lowest BCUT2D eigenvalue weighted by Crippen LogP contribution is -2.05. The lowest BCUT2D eigenvalue weighted by atomic mass is 10.1. The van der Waals surface area contributed by atoms with Gasteiger partial charge in [0.05, 0.1) is 0 Å². The van der Waals surface area contributed by atoms with E-state index in [4.69, 9.17) is 10.5 Å². The van der Waals surface area contributed by atoms with Gasteiger partial charge in [0.1, 0.15) is 12.4 Å². The van der Waals surface area contributed by atoms with E-state index in [-0.39, 0.29) is 6.04 Å². The number of fused-ring (bicyclic) bond motifs is 1. The fraction of sp³-hybridized carbons (Fsp3) is 0.176. The van der Waals surface area contributed by atoms with Crippen LogP contribution in [-0.4, -0.2) is 0 Å². The molecule has 0 radical (unpaired) electrons. The van der Waals surface area contributed by atoms with Crippen LogP contribution in [0.4, 0.5) is 0 Å². The Bertz CT molecular complexity index is 718. The monoisotopic (exact) mass is 283 g/mol. The van der Waals surface area contributed by atoms with Gasteiger partial charge in [0.15, 0.2) is 0 Å². The summed E-state index contributed by atoms with van der Waals surface area (Å²) in [5, 5.41) is 3.45. The summed E-state index contributed by atoms with van der Waals surface area (Å²) in [5.74, 6) is 0.870. The Morgan fingerprint density at radius 3 is 2.85 bits per heavy atom. The van der Waals surface area contributed by atoms with E-state index in [1.807, 2.05) is 31.2 Å². The molecule has 2 aromatic carbocycles. The molecule has 0 aliphatic heterocycles. The first-order valence-corrected chi connectivity index (χ1v) is 7.55. The first-order valence-electron chi connectivity index (χ1n) is 6.67. The summed E-state index contributed by atoms with van der Waals surface area (Å²) in [6.07, 6.45) is 0. The summed E-state index contributed by atoms with van der Waals surface area (Å²) in [5.41, 5.74) is 8.22. The summed E-state index contributed by atoms with van der Waals surface area (Å²) >= 11 is 1.76. The zero-order chi connectivity index (χ0) is 13.9. The normalized spacial score (nSPS) is 12.5. The molecule has 3 aromatic rings. The molecule has 1 unspecified atom stereocenters. The Morgan fingerprint density at radius 1 is 1.15 bits per heavy atom. The third-order valence-corrected chi connectivity index (χ3v) is 4.35. The van der Waals surface area contributed by atoms with E-state index in [2.05, 4.69) is 29.6 Å². The molecule has 2 N–H and O–H groups in total. The van der Waals surface area contributed by atoms with Gasteiger partial charge >= 0.3 is 0 Å². The molecule has 1 atom stereocenters. The van der Waals surface area contributed by atoms with Gasteiger partial charge in [-0.05, 0) is 41.5 Å². The molecule has 20 heavy (non-hydrogen) atoms. The molecule has 3 heteroatoms. The number of benzene rings is 2. The second-order valence-electron chi connectivity index (χ2n) is 4.91. The molecule has 0 saturated heterocycles. The zero-order valence-electron chi connectivity index (χ0n) is 11.4. The zero-order valence-corrected chi connectivity index (χ0v) is 12.2. The van der Waals surface area contributed by atoms with E-state index in [0.29, 0.717) is 6.61 Å². The number of rotatable bonds is 4. The second-order valence-corrected chi connectivity index (χ2v) is 5.82. The lowest BCUT2D eigenvalue weighted by molar-refractivity contribution is 0.307. The van der Waals surface area contributed by atoms with E-state index in [1.165, 1.54) is 15.6 Å². The number of hydrogen-bond acceptors (Lipinski definition) is 3. The molecule has 0 amide bonds. The van der Waals surface area contributed by atoms with Crippen molar-refractivity contribution < 1.29 is 4.74 Å². The first-order chi connectivity index (χ1) is 9.74. The fourth-order valence-electron chi connectivity index (χ4n) is 2.19. The second kappa shape index (κ2) is 5.65. The number of ether oxygens (including phenoxy) is 1. The van der Waals surface area contributed by atoms with Gasteiger partial charge in [-0.15, -0.1) is 11.3 Å². The summed E-state index contributed by atoms with van der Waals surface area (Å²) in [4.78, 5) is 0. The van der Waals surface area contributed by atoms with E-state index in [0.717, 1.165) is 11.3 Å². The van der Waals surface area contributed by atoms with E-state index in [9.17, 15) is 0 Å². The Morgan fingerprint density at radius 2 is 2.00 bits per heavy atom. The van der Waals surface area contributed by atoms with Gasteiger partial charge in [-0.25, -0.2) is 0 Å². The molecule has 0 fully saturated rings. The molecule has 2 nitrogen and oxygen atoms in total. The van der Waals surface area contributed by atoms with Gasteiger partial charge in [0.2, 0.25) is 0 Å². The van der Waals surface area contributed by atoms with Crippen molar-refractivity contribution in [3.63, 3.8) is 0 Å². The third kappa shape index (κ3) is 2.69. The minimum Gasteiger partial charge on any atom is -0.489 e. The van der Waals surface area contributed by atoms with Gasteiger partial charge in [-0.1, -0.05) is 30.3 Å². The molecule has 0 saturated carbocycles. The molecule has 0 spiro atoms. The highest BCUT2D eigenvalue weighted by molar-refractivity contribution is 7.17. The molecule has 1 aromatic heterocycles. The predicted molar refractivity (Wildman–Crippen MR) is 85.2 cm³/mol. The maximum Gasteiger partial charge on any atom is 0.120 e. The lowest BCUT2D eigenvalue weighted by Gasteiger charge is -2.09. The largest absolute Gasteiger partial charge is 0.489 e. The first kappa shape index (κ1) is 13.2. The average molecular weight is 283 g/mol. The van der Waals surface area contributed by atoms with Gasteiger partial charge in [-0.2, -0.15) is 0 Å². The van der Waals surface area contributed by atoms with Crippen molar-refractivity contribution in [2.45, 2.75) is 19.6 Å². The highest BCUT2D eigenvalue weighted by Gasteiger charge is 2.05. The molecular formula is C17H17NOS. The fourth-order valence-corrected chi connectivity index (χ4v) is 3.14. The molecule has 3 rings (SSSR count). The van der Waals surface area contributed by atoms with Crippen LogP contribution in [0.25, 0.3) is 10.1 Å². The smallest absolute Gasteiger partial charge is 0.120 e. The Balaban J connectivity index is 1.78.